The fraction of sp³-hybridized carbons (Fsp3) is 0.0513. The van der Waals surface area contributed by atoms with E-state index in [1.54, 1.807) is 12.1 Å². The second kappa shape index (κ2) is 9.39. The van der Waals surface area contributed by atoms with Gasteiger partial charge in [-0.15, -0.1) is 0 Å². The molecule has 1 aromatic rings. The van der Waals surface area contributed by atoms with Crippen molar-refractivity contribution in [1.29, 1.82) is 0 Å². The molecule has 0 bridgehead atoms. The summed E-state index contributed by atoms with van der Waals surface area (Å²) in [4.78, 5) is 16.8. The predicted molar refractivity (Wildman–Crippen MR) is 167 cm³/mol. The van der Waals surface area contributed by atoms with E-state index >= 15 is 0 Å². The molecule has 1 aromatic carbocycles. The Balaban J connectivity index is 1.44. The van der Waals surface area contributed by atoms with Crippen molar-refractivity contribution in [3.8, 4) is 33.4 Å². The van der Waals surface area contributed by atoms with E-state index in [1.807, 2.05) is 59.5 Å². The van der Waals surface area contributed by atoms with Crippen LogP contribution in [0, 0.1) is 5.82 Å². The fourth-order valence-corrected chi connectivity index (χ4v) is 6.83. The highest BCUT2D eigenvalue weighted by Gasteiger charge is 2.64. The number of amides is 1. The Morgan fingerprint density at radius 1 is 0.500 bits per heavy atom. The molecular weight excluding hydrogens is 517 g/mol. The van der Waals surface area contributed by atoms with Crippen molar-refractivity contribution in [1.82, 2.24) is 0 Å². The van der Waals surface area contributed by atoms with Crippen LogP contribution >= 0.6 is 0 Å². The predicted octanol–water partition coefficient (Wildman–Crippen LogP) is 9.21. The van der Waals surface area contributed by atoms with E-state index in [4.69, 9.17) is 0 Å². The molecule has 42 heavy (non-hydrogen) atoms. The van der Waals surface area contributed by atoms with Crippen LogP contribution in [0.1, 0.15) is 22.7 Å². The molecule has 1 fully saturated rings. The van der Waals surface area contributed by atoms with Crippen LogP contribution in [0.3, 0.4) is 0 Å². The van der Waals surface area contributed by atoms with Gasteiger partial charge in [-0.25, -0.2) is 4.39 Å². The monoisotopic (exact) mass is 543 g/mol. The van der Waals surface area contributed by atoms with Crippen molar-refractivity contribution in [3.05, 3.63) is 174 Å². The van der Waals surface area contributed by atoms with Gasteiger partial charge in [-0.1, -0.05) is 91.0 Å². The van der Waals surface area contributed by atoms with E-state index in [1.165, 1.54) is 12.1 Å². The second-order valence-electron chi connectivity index (χ2n) is 11.1. The molecule has 7 aliphatic rings. The maximum Gasteiger partial charge on any atom is 0.245 e. The van der Waals surface area contributed by atoms with Crippen LogP contribution in [-0.2, 0) is 10.2 Å². The molecule has 8 rings (SSSR count). The number of β-lactam (4-membered cyclic amide) rings is 1. The Morgan fingerprint density at radius 3 is 1.29 bits per heavy atom. The van der Waals surface area contributed by atoms with Gasteiger partial charge in [0.25, 0.3) is 0 Å². The summed E-state index contributed by atoms with van der Waals surface area (Å²) in [6, 6.07) is 49.9. The molecular formula is C39H26FNO. The smallest absolute Gasteiger partial charge is 0.245 e. The maximum atomic E-state index is 14.9. The van der Waals surface area contributed by atoms with Gasteiger partial charge < -0.3 is 4.90 Å². The normalized spacial score (nSPS) is 16.2. The first-order valence-electron chi connectivity index (χ1n) is 14.2. The van der Waals surface area contributed by atoms with Crippen LogP contribution in [0.25, 0.3) is 33.4 Å². The summed E-state index contributed by atoms with van der Waals surface area (Å²) in [7, 11) is 0. The van der Waals surface area contributed by atoms with Crippen LogP contribution in [0.15, 0.2) is 152 Å². The first-order valence-corrected chi connectivity index (χ1v) is 14.2. The summed E-state index contributed by atoms with van der Waals surface area (Å²) in [5, 5.41) is 0. The maximum absolute atomic E-state index is 14.9. The lowest BCUT2D eigenvalue weighted by atomic mass is 9.60. The van der Waals surface area contributed by atoms with Gasteiger partial charge in [-0.2, -0.15) is 0 Å². The van der Waals surface area contributed by atoms with Crippen LogP contribution < -0.4 is 4.90 Å². The highest BCUT2D eigenvalue weighted by molar-refractivity contribution is 6.13. The lowest BCUT2D eigenvalue weighted by molar-refractivity contribution is -0.131. The van der Waals surface area contributed by atoms with E-state index in [0.717, 1.165) is 50.1 Å². The topological polar surface area (TPSA) is 20.3 Å². The zero-order valence-corrected chi connectivity index (χ0v) is 22.7. The van der Waals surface area contributed by atoms with Crippen LogP contribution in [-0.4, -0.2) is 5.91 Å². The summed E-state index contributed by atoms with van der Waals surface area (Å²) in [6.45, 7) is 0. The number of fused-ring (bicyclic) bond motifs is 3. The number of halogens is 1. The molecule has 1 unspecified atom stereocenters. The zero-order chi connectivity index (χ0) is 28.3. The van der Waals surface area contributed by atoms with Crippen molar-refractivity contribution in [2.75, 3.05) is 4.90 Å². The molecule has 0 aromatic heterocycles. The Labute approximate surface area is 244 Å². The van der Waals surface area contributed by atoms with Gasteiger partial charge in [0.2, 0.25) is 5.91 Å². The van der Waals surface area contributed by atoms with Gasteiger partial charge >= 0.3 is 0 Å². The first kappa shape index (κ1) is 24.5. The van der Waals surface area contributed by atoms with Crippen LogP contribution in [0.4, 0.5) is 10.1 Å². The summed E-state index contributed by atoms with van der Waals surface area (Å²) in [5.74, 6) is -0.347. The number of carbonyl (C=O) groups is 1. The standard InChI is InChI=1S/C39H26FNO/c40-35-16-18-36(19-17-35)41-37(32-20-26-10-4-1-5-11-27(26)21-32)39(38(41)42,33-22-28-12-6-2-7-13-29(28)23-33)34-24-30-14-8-3-9-15-31(30)25-34/h1-25,37H. The van der Waals surface area contributed by atoms with Crippen LogP contribution in [0.2, 0.25) is 0 Å². The van der Waals surface area contributed by atoms with E-state index in [9.17, 15) is 9.18 Å². The fourth-order valence-electron chi connectivity index (χ4n) is 6.83. The molecule has 1 aliphatic heterocycles. The molecule has 200 valence electrons. The molecule has 0 saturated carbocycles. The molecule has 6 aliphatic carbocycles. The third kappa shape index (κ3) is 3.60. The van der Waals surface area contributed by atoms with Gasteiger partial charge in [0.15, 0.2) is 0 Å². The summed E-state index contributed by atoms with van der Waals surface area (Å²) < 4.78 is 14.0. The summed E-state index contributed by atoms with van der Waals surface area (Å²) >= 11 is 0. The van der Waals surface area contributed by atoms with Crippen LogP contribution in [0.5, 0.6) is 0 Å². The molecule has 1 amide bonds. The lowest BCUT2D eigenvalue weighted by Gasteiger charge is -2.56. The molecule has 0 spiro atoms. The number of nitrogens with zero attached hydrogens (tertiary/aromatic N) is 1. The molecule has 1 heterocycles. The van der Waals surface area contributed by atoms with Gasteiger partial charge in [0.1, 0.15) is 11.2 Å². The Hall–Kier alpha value is -5.28. The Morgan fingerprint density at radius 2 is 0.881 bits per heavy atom. The lowest BCUT2D eigenvalue weighted by Crippen LogP contribution is -2.66. The molecule has 3 heteroatoms. The molecule has 0 radical (unpaired) electrons. The van der Waals surface area contributed by atoms with Gasteiger partial charge in [0, 0.05) is 5.69 Å². The zero-order valence-electron chi connectivity index (χ0n) is 22.7. The van der Waals surface area contributed by atoms with Gasteiger partial charge in [-0.3, -0.25) is 4.79 Å². The van der Waals surface area contributed by atoms with Crippen molar-refractivity contribution < 1.29 is 9.18 Å². The van der Waals surface area contributed by atoms with E-state index in [-0.39, 0.29) is 17.8 Å². The average molecular weight is 544 g/mol. The van der Waals surface area contributed by atoms with Crippen molar-refractivity contribution in [2.24, 2.45) is 0 Å². The Bertz CT molecular complexity index is 1830. The third-order valence-electron chi connectivity index (χ3n) is 8.77. The highest BCUT2D eigenvalue weighted by Crippen LogP contribution is 2.60. The quantitative estimate of drug-likeness (QED) is 0.203. The highest BCUT2D eigenvalue weighted by atomic mass is 19.1. The summed E-state index contributed by atoms with van der Waals surface area (Å²) in [5.41, 5.74) is 9.26. The number of rotatable bonds is 4. The van der Waals surface area contributed by atoms with E-state index in [0.29, 0.717) is 5.69 Å². The minimum atomic E-state index is -0.976. The molecule has 1 atom stereocenters. The SMILES string of the molecule is O=C1N(c2ccc(F)cc2)C(c2cc3cccccc-3c2)C1(c1cc2cccccc-2c1)c1cc2cccccc-2c1. The first-order chi connectivity index (χ1) is 20.6. The minimum absolute atomic E-state index is 0.0192. The van der Waals surface area contributed by atoms with Crippen molar-refractivity contribution >= 4 is 11.6 Å². The number of hydrogen-bond acceptors (Lipinski definition) is 1. The molecule has 1 saturated heterocycles. The molecule has 0 N–H and O–H groups in total. The van der Waals surface area contributed by atoms with Crippen molar-refractivity contribution in [2.45, 2.75) is 11.5 Å². The van der Waals surface area contributed by atoms with Crippen molar-refractivity contribution in [3.63, 3.8) is 0 Å². The third-order valence-corrected chi connectivity index (χ3v) is 8.77. The largest absolute Gasteiger partial charge is 0.302 e. The van der Waals surface area contributed by atoms with Gasteiger partial charge in [-0.05, 0) is 111 Å². The van der Waals surface area contributed by atoms with Gasteiger partial charge in [0.05, 0.1) is 6.04 Å². The number of carbonyl (C=O) groups excluding carboxylic acids is 1. The molecule has 2 nitrogen and oxygen atoms in total. The second-order valence-corrected chi connectivity index (χ2v) is 11.1. The van der Waals surface area contributed by atoms with E-state index < -0.39 is 5.41 Å². The average Bonchev–Trinajstić information content (AvgIpc) is 3.53. The number of benzene rings is 1. The number of hydrogen-bond donors (Lipinski definition) is 0. The summed E-state index contributed by atoms with van der Waals surface area (Å²) in [6.07, 6.45) is 0. The van der Waals surface area contributed by atoms with E-state index in [2.05, 4.69) is 72.8 Å². The minimum Gasteiger partial charge on any atom is -0.302 e. The number of anilines is 1. The Kier molecular flexibility index (Phi) is 5.48.